The first-order valence-corrected chi connectivity index (χ1v) is 7.16. The minimum atomic E-state index is -0.399. The highest BCUT2D eigenvalue weighted by Gasteiger charge is 2.23. The lowest BCUT2D eigenvalue weighted by Crippen LogP contribution is -2.45. The molecule has 2 N–H and O–H groups in total. The van der Waals surface area contributed by atoms with Gasteiger partial charge in [0.2, 0.25) is 5.91 Å². The van der Waals surface area contributed by atoms with Gasteiger partial charge in [-0.05, 0) is 41.3 Å². The molecule has 92 valence electrons. The van der Waals surface area contributed by atoms with E-state index in [1.54, 1.807) is 11.4 Å². The van der Waals surface area contributed by atoms with Crippen LogP contribution in [0.25, 0.3) is 0 Å². The van der Waals surface area contributed by atoms with Crippen LogP contribution < -0.4 is 10.6 Å². The quantitative estimate of drug-likeness (QED) is 0.875. The van der Waals surface area contributed by atoms with Crippen molar-refractivity contribution in [3.05, 3.63) is 20.8 Å². The van der Waals surface area contributed by atoms with Gasteiger partial charge >= 0.3 is 0 Å². The number of thiophene rings is 1. The number of carbonyl (C=O) groups is 2. The molecule has 4 nitrogen and oxygen atoms in total. The van der Waals surface area contributed by atoms with Crippen LogP contribution in [-0.4, -0.2) is 24.4 Å². The predicted molar refractivity (Wildman–Crippen MR) is 70.1 cm³/mol. The van der Waals surface area contributed by atoms with Crippen LogP contribution in [0.5, 0.6) is 0 Å². The molecule has 2 amide bonds. The summed E-state index contributed by atoms with van der Waals surface area (Å²) in [4.78, 5) is 23.5. The number of nitrogens with one attached hydrogen (secondary N) is 2. The summed E-state index contributed by atoms with van der Waals surface area (Å²) in [6, 6.07) is 1.36. The number of carbonyl (C=O) groups excluding carboxylic acids is 2. The molecule has 2 heterocycles. The highest BCUT2D eigenvalue weighted by Crippen LogP contribution is 2.20. The van der Waals surface area contributed by atoms with Crippen LogP contribution in [0.1, 0.15) is 29.6 Å². The summed E-state index contributed by atoms with van der Waals surface area (Å²) < 4.78 is 0.910. The highest BCUT2D eigenvalue weighted by atomic mass is 79.9. The molecule has 6 heteroatoms. The van der Waals surface area contributed by atoms with Gasteiger partial charge in [0.25, 0.3) is 5.91 Å². The fourth-order valence-electron chi connectivity index (χ4n) is 1.75. The van der Waals surface area contributed by atoms with Crippen molar-refractivity contribution in [2.45, 2.75) is 25.3 Å². The molecule has 1 fully saturated rings. The van der Waals surface area contributed by atoms with Crippen molar-refractivity contribution in [1.82, 2.24) is 10.6 Å². The van der Waals surface area contributed by atoms with E-state index < -0.39 is 6.04 Å². The average Bonchev–Trinajstić information content (AvgIpc) is 2.63. The molecule has 0 saturated carbocycles. The van der Waals surface area contributed by atoms with Gasteiger partial charge in [0, 0.05) is 11.9 Å². The van der Waals surface area contributed by atoms with Crippen LogP contribution in [-0.2, 0) is 4.79 Å². The standard InChI is InChI=1S/C11H13BrN2O2S/c12-9-5-7(6-17-9)10(15)14-8-3-1-2-4-13-11(8)16/h5-6,8H,1-4H2,(H,13,16)(H,14,15)/t8-/m0/s1. The second-order valence-corrected chi connectivity index (χ2v) is 6.24. The van der Waals surface area contributed by atoms with Crippen LogP contribution in [0.2, 0.25) is 0 Å². The van der Waals surface area contributed by atoms with Crippen molar-refractivity contribution in [3.8, 4) is 0 Å². The van der Waals surface area contributed by atoms with Gasteiger partial charge in [-0.3, -0.25) is 9.59 Å². The van der Waals surface area contributed by atoms with Crippen LogP contribution >= 0.6 is 27.3 Å². The molecule has 0 spiro atoms. The van der Waals surface area contributed by atoms with E-state index in [0.29, 0.717) is 18.5 Å². The summed E-state index contributed by atoms with van der Waals surface area (Å²) in [6.45, 7) is 0.704. The van der Waals surface area contributed by atoms with Gasteiger partial charge in [0.15, 0.2) is 0 Å². The van der Waals surface area contributed by atoms with E-state index in [2.05, 4.69) is 26.6 Å². The van der Waals surface area contributed by atoms with Crippen molar-refractivity contribution in [3.63, 3.8) is 0 Å². The third-order valence-corrected chi connectivity index (χ3v) is 4.17. The Morgan fingerprint density at radius 3 is 3.06 bits per heavy atom. The minimum Gasteiger partial charge on any atom is -0.354 e. The van der Waals surface area contributed by atoms with Gasteiger partial charge in [0.05, 0.1) is 9.35 Å². The van der Waals surface area contributed by atoms with Gasteiger partial charge in [0.1, 0.15) is 6.04 Å². The Labute approximate surface area is 112 Å². The summed E-state index contributed by atoms with van der Waals surface area (Å²) in [5.74, 6) is -0.265. The lowest BCUT2D eigenvalue weighted by Gasteiger charge is -2.14. The molecule has 0 bridgehead atoms. The van der Waals surface area contributed by atoms with Gasteiger partial charge in [-0.2, -0.15) is 0 Å². The monoisotopic (exact) mass is 316 g/mol. The maximum absolute atomic E-state index is 11.9. The van der Waals surface area contributed by atoms with Gasteiger partial charge < -0.3 is 10.6 Å². The molecule has 0 unspecified atom stereocenters. The van der Waals surface area contributed by atoms with Gasteiger partial charge in [-0.1, -0.05) is 0 Å². The summed E-state index contributed by atoms with van der Waals surface area (Å²) in [6.07, 6.45) is 2.64. The normalized spacial score (nSPS) is 20.5. The Hall–Kier alpha value is -0.880. The number of hydrogen-bond acceptors (Lipinski definition) is 3. The molecule has 0 radical (unpaired) electrons. The molecule has 2 rings (SSSR count). The molecule has 0 aromatic carbocycles. The smallest absolute Gasteiger partial charge is 0.252 e. The lowest BCUT2D eigenvalue weighted by molar-refractivity contribution is -0.122. The molecule has 1 aromatic heterocycles. The maximum atomic E-state index is 11.9. The highest BCUT2D eigenvalue weighted by molar-refractivity contribution is 9.11. The van der Waals surface area contributed by atoms with E-state index >= 15 is 0 Å². The minimum absolute atomic E-state index is 0.0786. The zero-order valence-electron chi connectivity index (χ0n) is 9.16. The average molecular weight is 317 g/mol. The third-order valence-electron chi connectivity index (χ3n) is 2.67. The van der Waals surface area contributed by atoms with E-state index in [9.17, 15) is 9.59 Å². The van der Waals surface area contributed by atoms with E-state index in [-0.39, 0.29) is 11.8 Å². The van der Waals surface area contributed by atoms with Crippen LogP contribution in [0.4, 0.5) is 0 Å². The predicted octanol–water partition coefficient (Wildman–Crippen LogP) is 1.91. The Morgan fingerprint density at radius 1 is 1.53 bits per heavy atom. The Morgan fingerprint density at radius 2 is 2.35 bits per heavy atom. The van der Waals surface area contributed by atoms with Crippen molar-refractivity contribution in [2.75, 3.05) is 6.54 Å². The third kappa shape index (κ3) is 3.29. The Kier molecular flexibility index (Phi) is 4.17. The molecule has 1 aromatic rings. The maximum Gasteiger partial charge on any atom is 0.252 e. The summed E-state index contributed by atoms with van der Waals surface area (Å²) in [7, 11) is 0. The Balaban J connectivity index is 1.99. The molecular weight excluding hydrogens is 304 g/mol. The van der Waals surface area contributed by atoms with Crippen LogP contribution in [0.3, 0.4) is 0 Å². The first-order valence-electron chi connectivity index (χ1n) is 5.49. The summed E-state index contributed by atoms with van der Waals surface area (Å²) in [5, 5.41) is 7.34. The second kappa shape index (κ2) is 5.64. The molecule has 1 saturated heterocycles. The molecule has 17 heavy (non-hydrogen) atoms. The summed E-state index contributed by atoms with van der Waals surface area (Å²) in [5.41, 5.74) is 0.596. The van der Waals surface area contributed by atoms with Crippen LogP contribution in [0, 0.1) is 0 Å². The van der Waals surface area contributed by atoms with E-state index in [4.69, 9.17) is 0 Å². The van der Waals surface area contributed by atoms with Crippen LogP contribution in [0.15, 0.2) is 15.2 Å². The number of halogens is 1. The van der Waals surface area contributed by atoms with Gasteiger partial charge in [-0.15, -0.1) is 11.3 Å². The number of amides is 2. The lowest BCUT2D eigenvalue weighted by atomic mass is 10.1. The van der Waals surface area contributed by atoms with E-state index in [1.807, 2.05) is 0 Å². The SMILES string of the molecule is O=C(N[C@H]1CCCCNC1=O)c1csc(Br)c1. The van der Waals surface area contributed by atoms with E-state index in [0.717, 1.165) is 16.6 Å². The zero-order valence-corrected chi connectivity index (χ0v) is 11.6. The van der Waals surface area contributed by atoms with Gasteiger partial charge in [-0.25, -0.2) is 0 Å². The number of rotatable bonds is 2. The fraction of sp³-hybridized carbons (Fsp3) is 0.455. The molecule has 1 atom stereocenters. The summed E-state index contributed by atoms with van der Waals surface area (Å²) >= 11 is 4.76. The van der Waals surface area contributed by atoms with Crippen molar-refractivity contribution in [1.29, 1.82) is 0 Å². The first-order chi connectivity index (χ1) is 8.16. The topological polar surface area (TPSA) is 58.2 Å². The Bertz CT molecular complexity index is 433. The number of hydrogen-bond donors (Lipinski definition) is 2. The van der Waals surface area contributed by atoms with Crippen molar-refractivity contribution < 1.29 is 9.59 Å². The largest absolute Gasteiger partial charge is 0.354 e. The van der Waals surface area contributed by atoms with Crippen molar-refractivity contribution >= 4 is 39.1 Å². The molecule has 1 aliphatic heterocycles. The molecule has 0 aliphatic carbocycles. The molecular formula is C11H13BrN2O2S. The fourth-order valence-corrected chi connectivity index (χ4v) is 2.88. The second-order valence-electron chi connectivity index (χ2n) is 3.95. The van der Waals surface area contributed by atoms with E-state index in [1.165, 1.54) is 11.3 Å². The zero-order chi connectivity index (χ0) is 12.3. The first kappa shape index (κ1) is 12.6. The molecule has 1 aliphatic rings. The van der Waals surface area contributed by atoms with Crippen molar-refractivity contribution in [2.24, 2.45) is 0 Å².